The molecular formula is C73H106ClN6O10S3+. The van der Waals surface area contributed by atoms with Crippen molar-refractivity contribution in [3.8, 4) is 5.75 Å². The molecule has 1 amide bonds. The number of anilines is 1. The van der Waals surface area contributed by atoms with E-state index in [0.717, 1.165) is 57.4 Å². The van der Waals surface area contributed by atoms with Gasteiger partial charge in [0.25, 0.3) is 15.6 Å². The maximum absolute atomic E-state index is 15.1. The summed E-state index contributed by atoms with van der Waals surface area (Å²) in [7, 11) is -13.1. The molecule has 2 saturated heterocycles. The van der Waals surface area contributed by atoms with E-state index in [1.54, 1.807) is 36.4 Å². The lowest BCUT2D eigenvalue weighted by molar-refractivity contribution is -0.803. The second kappa shape index (κ2) is 36.5. The summed E-state index contributed by atoms with van der Waals surface area (Å²) in [6, 6.07) is 23.4. The van der Waals surface area contributed by atoms with Gasteiger partial charge in [-0.3, -0.25) is 4.72 Å². The number of amides is 1. The van der Waals surface area contributed by atoms with Gasteiger partial charge < -0.3 is 14.9 Å². The lowest BCUT2D eigenvalue weighted by Gasteiger charge is -2.36. The molecule has 3 atom stereocenters. The highest BCUT2D eigenvalue weighted by Gasteiger charge is 2.84. The molecule has 20 heteroatoms. The summed E-state index contributed by atoms with van der Waals surface area (Å²) >= 11 is 6.80. The standard InChI is InChI=1S/C73H105ClN6O10S3/c1-3-5-7-9-11-13-15-17-19-21-23-25-27-29-31-38-51-80(52-39-32-30-28-26-24-22-20-18-16-14-12-10-8-6-4-2)72(83)73(80)57-66(60-43-36-37-44-61(60)71(73)82)78-92(86,87)67-55-58(47-48-63(67)74)75-76-65-56-68(93(88,89)79-49-53-90-54-50-79)70(81)62-45-40-46-64(69(62)65)77-91(84,85)59-41-34-33-35-42-59/h33-37,40-48,55-56,66,71,78,82H,3-32,38-39,49-54,57H2,1-2H3,(H-,75,76,77,81)/p+1. The maximum Gasteiger partial charge on any atom is 0.379 e. The van der Waals surface area contributed by atoms with Gasteiger partial charge in [-0.05, 0) is 79.3 Å². The van der Waals surface area contributed by atoms with E-state index < -0.39 is 58.4 Å². The van der Waals surface area contributed by atoms with Gasteiger partial charge in [0.2, 0.25) is 20.0 Å². The molecule has 8 rings (SSSR count). The molecule has 3 aliphatic rings. The number of halogens is 1. The van der Waals surface area contributed by atoms with Gasteiger partial charge >= 0.3 is 5.91 Å². The maximum atomic E-state index is 15.1. The number of nitrogens with zero attached hydrogens (tertiary/aromatic N) is 4. The molecule has 0 radical (unpaired) electrons. The molecule has 3 unspecified atom stereocenters. The first-order chi connectivity index (χ1) is 45.0. The van der Waals surface area contributed by atoms with E-state index in [-0.39, 0.29) is 85.8 Å². The van der Waals surface area contributed by atoms with Crippen LogP contribution in [0.3, 0.4) is 0 Å². The first kappa shape index (κ1) is 74.0. The number of carbonyl (C=O) groups is 1. The highest BCUT2D eigenvalue weighted by molar-refractivity contribution is 7.92. The Balaban J connectivity index is 0.983. The third-order valence-electron chi connectivity index (χ3n) is 19.6. The number of carbonyl (C=O) groups excluding carboxylic acids is 1. The molecule has 0 aromatic heterocycles. The number of quaternary nitrogens is 1. The number of aliphatic hydroxyl groups is 1. The molecule has 2 fully saturated rings. The fraction of sp³-hybridized carbons (Fsp3) is 0.603. The fourth-order valence-corrected chi connectivity index (χ4v) is 18.6. The average molecular weight is 1360 g/mol. The van der Waals surface area contributed by atoms with Crippen molar-refractivity contribution in [2.24, 2.45) is 10.2 Å². The molecule has 2 heterocycles. The number of aliphatic hydroxyl groups excluding tert-OH is 1. The number of rotatable bonds is 44. The van der Waals surface area contributed by atoms with Gasteiger partial charge in [0.1, 0.15) is 21.6 Å². The second-order valence-electron chi connectivity index (χ2n) is 26.4. The number of fused-ring (bicyclic) bond motifs is 2. The van der Waals surface area contributed by atoms with E-state index in [9.17, 15) is 27.0 Å². The quantitative estimate of drug-likeness (QED) is 0.0125. The Hall–Kier alpha value is -4.83. The minimum Gasteiger partial charge on any atom is -0.506 e. The minimum absolute atomic E-state index is 0.0115. The van der Waals surface area contributed by atoms with Crippen LogP contribution in [0.15, 0.2) is 122 Å². The third-order valence-corrected chi connectivity index (χ3v) is 24.9. The number of sulfonamides is 3. The topological polar surface area (TPSA) is 221 Å². The number of hydrogen-bond acceptors (Lipinski definition) is 12. The number of aromatic hydroxyl groups is 1. The van der Waals surface area contributed by atoms with Crippen molar-refractivity contribution in [3.05, 3.63) is 113 Å². The van der Waals surface area contributed by atoms with Crippen LogP contribution in [0.1, 0.15) is 249 Å². The number of hydrogen-bond donors (Lipinski definition) is 4. The predicted molar refractivity (Wildman–Crippen MR) is 374 cm³/mol. The van der Waals surface area contributed by atoms with Crippen LogP contribution in [0.2, 0.25) is 5.02 Å². The molecule has 1 aliphatic carbocycles. The van der Waals surface area contributed by atoms with Crippen LogP contribution >= 0.6 is 11.6 Å². The van der Waals surface area contributed by atoms with Crippen molar-refractivity contribution in [1.82, 2.24) is 9.03 Å². The summed E-state index contributed by atoms with van der Waals surface area (Å²) in [6.07, 6.45) is 38.4. The number of azo groups is 1. The van der Waals surface area contributed by atoms with Crippen molar-refractivity contribution < 1.29 is 49.5 Å². The third kappa shape index (κ3) is 19.5. The molecule has 512 valence electrons. The zero-order valence-electron chi connectivity index (χ0n) is 55.5. The summed E-state index contributed by atoms with van der Waals surface area (Å²) in [6.45, 7) is 5.98. The highest BCUT2D eigenvalue weighted by atomic mass is 35.5. The van der Waals surface area contributed by atoms with E-state index >= 15 is 13.2 Å². The van der Waals surface area contributed by atoms with Gasteiger partial charge in [0.05, 0.1) is 59.3 Å². The first-order valence-corrected chi connectivity index (χ1v) is 40.2. The average Bonchev–Trinajstić information content (AvgIpc) is 1.49. The molecule has 5 aromatic rings. The van der Waals surface area contributed by atoms with Crippen LogP contribution < -0.4 is 9.44 Å². The van der Waals surface area contributed by atoms with Gasteiger partial charge in [0, 0.05) is 30.3 Å². The molecule has 5 aromatic carbocycles. The highest BCUT2D eigenvalue weighted by Crippen LogP contribution is 2.61. The summed E-state index contributed by atoms with van der Waals surface area (Å²) in [4.78, 5) is 14.2. The van der Waals surface area contributed by atoms with Crippen LogP contribution in [0, 0.1) is 0 Å². The van der Waals surface area contributed by atoms with Crippen molar-refractivity contribution >= 4 is 75.4 Å². The van der Waals surface area contributed by atoms with Gasteiger partial charge in [-0.15, -0.1) is 5.11 Å². The summed E-state index contributed by atoms with van der Waals surface area (Å²) < 4.78 is 98.2. The number of nitrogens with one attached hydrogen (secondary N) is 2. The molecule has 16 nitrogen and oxygen atoms in total. The molecule has 1 spiro atoms. The van der Waals surface area contributed by atoms with Gasteiger partial charge in [-0.1, -0.05) is 260 Å². The van der Waals surface area contributed by atoms with Crippen molar-refractivity contribution in [2.75, 3.05) is 44.1 Å². The van der Waals surface area contributed by atoms with E-state index in [4.69, 9.17) is 16.3 Å². The molecule has 93 heavy (non-hydrogen) atoms. The monoisotopic (exact) mass is 1360 g/mol. The van der Waals surface area contributed by atoms with E-state index in [0.29, 0.717) is 24.2 Å². The second-order valence-corrected chi connectivity index (χ2v) is 32.1. The van der Waals surface area contributed by atoms with Gasteiger partial charge in [-0.25, -0.2) is 39.3 Å². The van der Waals surface area contributed by atoms with E-state index in [1.165, 1.54) is 207 Å². The Morgan fingerprint density at radius 3 is 1.57 bits per heavy atom. The van der Waals surface area contributed by atoms with Crippen molar-refractivity contribution in [1.29, 1.82) is 0 Å². The predicted octanol–water partition coefficient (Wildman–Crippen LogP) is 18.5. The fourth-order valence-electron chi connectivity index (χ4n) is 14.3. The molecular weight excluding hydrogens is 1250 g/mol. The molecule has 0 saturated carbocycles. The van der Waals surface area contributed by atoms with Crippen LogP contribution in [-0.2, 0) is 39.6 Å². The Morgan fingerprint density at radius 1 is 0.570 bits per heavy atom. The van der Waals surface area contributed by atoms with Crippen LogP contribution in [-0.4, -0.2) is 95.1 Å². The van der Waals surface area contributed by atoms with Crippen LogP contribution in [0.4, 0.5) is 17.1 Å². The Bertz CT molecular complexity index is 3520. The van der Waals surface area contributed by atoms with Gasteiger partial charge in [-0.2, -0.15) is 9.42 Å². The van der Waals surface area contributed by atoms with Gasteiger partial charge in [0.15, 0.2) is 0 Å². The van der Waals surface area contributed by atoms with Crippen LogP contribution in [0.5, 0.6) is 5.75 Å². The molecule has 4 N–H and O–H groups in total. The van der Waals surface area contributed by atoms with Crippen molar-refractivity contribution in [2.45, 2.75) is 258 Å². The molecule has 2 aliphatic heterocycles. The van der Waals surface area contributed by atoms with Crippen molar-refractivity contribution in [3.63, 3.8) is 0 Å². The number of phenols is 1. The smallest absolute Gasteiger partial charge is 0.379 e. The first-order valence-electron chi connectivity index (χ1n) is 35.4. The molecule has 0 bridgehead atoms. The summed E-state index contributed by atoms with van der Waals surface area (Å²) in [5.74, 6) is -0.681. The van der Waals surface area contributed by atoms with E-state index in [1.807, 2.05) is 6.07 Å². The Labute approximate surface area is 561 Å². The lowest BCUT2D eigenvalue weighted by Crippen LogP contribution is -2.47. The SMILES string of the molecule is CCCCCCCCCCCCCCCCCC[N+]1(CCCCCCCCCCCCCCCCCC)C(=O)C12CC(NS(=O)(=O)c1cc(N=Nc3cc(S(=O)(=O)N4CCOCC4)c(O)c4cccc(NS(=O)(=O)c5ccccc5)c34)ccc1Cl)c1ccccc1C2O. The summed E-state index contributed by atoms with van der Waals surface area (Å²) in [5, 5.41) is 33.1. The normalized spacial score (nSPS) is 18.4. The number of benzene rings is 5. The number of unbranched alkanes of at least 4 members (excludes halogenated alkanes) is 30. The zero-order chi connectivity index (χ0) is 66.2. The zero-order valence-corrected chi connectivity index (χ0v) is 58.7. The van der Waals surface area contributed by atoms with E-state index in [2.05, 4.69) is 33.5 Å². The number of morpholine rings is 1. The lowest BCUT2D eigenvalue weighted by atomic mass is 9.77. The Kier molecular flexibility index (Phi) is 29.0. The van der Waals surface area contributed by atoms with Crippen LogP contribution in [0.25, 0.3) is 10.8 Å². The minimum atomic E-state index is -4.54. The largest absolute Gasteiger partial charge is 0.506 e. The number of ether oxygens (including phenoxy) is 1. The summed E-state index contributed by atoms with van der Waals surface area (Å²) in [5.41, 5.74) is -0.393. The Morgan fingerprint density at radius 2 is 1.05 bits per heavy atom. The number of phenolic OH excluding ortho intramolecular Hbond substituents is 1.